The molecule has 2 aromatic carbocycles. The van der Waals surface area contributed by atoms with Crippen LogP contribution in [0, 0.1) is 11.6 Å². The molecule has 1 amide bonds. The zero-order valence-corrected chi connectivity index (χ0v) is 14.0. The normalized spacial score (nSPS) is 10.4. The van der Waals surface area contributed by atoms with E-state index >= 15 is 0 Å². The maximum absolute atomic E-state index is 13.3. The third-order valence-corrected chi connectivity index (χ3v) is 3.66. The predicted octanol–water partition coefficient (Wildman–Crippen LogP) is 3.64. The average Bonchev–Trinajstić information content (AvgIpc) is 2.65. The molecule has 3 aromatic rings. The van der Waals surface area contributed by atoms with Crippen LogP contribution in [0.3, 0.4) is 0 Å². The summed E-state index contributed by atoms with van der Waals surface area (Å²) in [7, 11) is 1.82. The fourth-order valence-corrected chi connectivity index (χ4v) is 2.36. The first kappa shape index (κ1) is 17.5. The quantitative estimate of drug-likeness (QED) is 0.760. The van der Waals surface area contributed by atoms with Gasteiger partial charge in [0.15, 0.2) is 11.6 Å². The molecule has 0 fully saturated rings. The molecule has 1 N–H and O–H groups in total. The number of hydrogen-bond donors (Lipinski definition) is 1. The van der Waals surface area contributed by atoms with Gasteiger partial charge in [-0.15, -0.1) is 0 Å². The molecular weight excluding hydrogens is 338 g/mol. The summed E-state index contributed by atoms with van der Waals surface area (Å²) in [5.74, 6) is -2.16. The van der Waals surface area contributed by atoms with Crippen molar-refractivity contribution in [3.05, 3.63) is 83.7 Å². The molecule has 1 heterocycles. The number of halogens is 2. The largest absolute Gasteiger partial charge is 0.340 e. The summed E-state index contributed by atoms with van der Waals surface area (Å²) < 4.78 is 26.2. The number of nitrogens with zero attached hydrogens (tertiary/aromatic N) is 3. The van der Waals surface area contributed by atoms with Crippen LogP contribution < -0.4 is 10.2 Å². The molecular formula is C19H16F2N4O. The molecule has 0 bridgehead atoms. The molecule has 0 spiro atoms. The van der Waals surface area contributed by atoms with E-state index in [1.165, 1.54) is 18.3 Å². The van der Waals surface area contributed by atoms with Gasteiger partial charge in [0.2, 0.25) is 5.95 Å². The number of carbonyl (C=O) groups excluding carboxylic acids is 1. The molecule has 0 radical (unpaired) electrons. The van der Waals surface area contributed by atoms with Crippen molar-refractivity contribution in [1.29, 1.82) is 0 Å². The number of carbonyl (C=O) groups is 1. The minimum absolute atomic E-state index is 0.125. The van der Waals surface area contributed by atoms with E-state index in [1.807, 2.05) is 42.3 Å². The third kappa shape index (κ3) is 4.18. The van der Waals surface area contributed by atoms with Crippen LogP contribution >= 0.6 is 0 Å². The van der Waals surface area contributed by atoms with Crippen molar-refractivity contribution < 1.29 is 13.6 Å². The second kappa shape index (κ2) is 7.69. The lowest BCUT2D eigenvalue weighted by molar-refractivity contribution is 0.102. The number of anilines is 2. The van der Waals surface area contributed by atoms with Crippen LogP contribution in [0.1, 0.15) is 16.1 Å². The first-order valence-electron chi connectivity index (χ1n) is 7.87. The Morgan fingerprint density at radius 1 is 1.08 bits per heavy atom. The van der Waals surface area contributed by atoms with Gasteiger partial charge < -0.3 is 10.2 Å². The Kier molecular flexibility index (Phi) is 5.17. The van der Waals surface area contributed by atoms with Crippen LogP contribution in [0.25, 0.3) is 0 Å². The van der Waals surface area contributed by atoms with Gasteiger partial charge in [-0.1, -0.05) is 30.3 Å². The minimum atomic E-state index is -1.03. The van der Waals surface area contributed by atoms with Crippen LogP contribution in [0.5, 0.6) is 0 Å². The van der Waals surface area contributed by atoms with Gasteiger partial charge in [-0.2, -0.15) is 0 Å². The Morgan fingerprint density at radius 2 is 1.85 bits per heavy atom. The van der Waals surface area contributed by atoms with Gasteiger partial charge in [-0.05, 0) is 23.8 Å². The molecule has 0 atom stereocenters. The molecule has 26 heavy (non-hydrogen) atoms. The second-order valence-electron chi connectivity index (χ2n) is 5.67. The van der Waals surface area contributed by atoms with E-state index in [9.17, 15) is 13.6 Å². The van der Waals surface area contributed by atoms with Crippen molar-refractivity contribution in [2.24, 2.45) is 0 Å². The highest BCUT2D eigenvalue weighted by molar-refractivity contribution is 6.02. The Morgan fingerprint density at radius 3 is 2.58 bits per heavy atom. The van der Waals surface area contributed by atoms with Gasteiger partial charge in [-0.3, -0.25) is 4.79 Å². The highest BCUT2D eigenvalue weighted by atomic mass is 19.2. The maximum Gasteiger partial charge on any atom is 0.274 e. The van der Waals surface area contributed by atoms with E-state index in [4.69, 9.17) is 0 Å². The smallest absolute Gasteiger partial charge is 0.274 e. The Labute approximate surface area is 149 Å². The summed E-state index contributed by atoms with van der Waals surface area (Å²) in [6.07, 6.45) is 1.48. The van der Waals surface area contributed by atoms with Gasteiger partial charge in [0.25, 0.3) is 5.91 Å². The van der Waals surface area contributed by atoms with Gasteiger partial charge in [-0.25, -0.2) is 18.7 Å². The Hall–Kier alpha value is -3.35. The van der Waals surface area contributed by atoms with Gasteiger partial charge in [0.1, 0.15) is 5.69 Å². The monoisotopic (exact) mass is 354 g/mol. The van der Waals surface area contributed by atoms with Crippen LogP contribution in [0.4, 0.5) is 20.4 Å². The summed E-state index contributed by atoms with van der Waals surface area (Å²) in [6, 6.07) is 14.4. The summed E-state index contributed by atoms with van der Waals surface area (Å²) in [5, 5.41) is 2.49. The molecule has 0 unspecified atom stereocenters. The number of nitrogens with one attached hydrogen (secondary N) is 1. The topological polar surface area (TPSA) is 58.1 Å². The molecule has 3 rings (SSSR count). The zero-order valence-electron chi connectivity index (χ0n) is 14.0. The van der Waals surface area contributed by atoms with Crippen LogP contribution in [0.2, 0.25) is 0 Å². The molecule has 0 aliphatic heterocycles. The molecule has 5 nitrogen and oxygen atoms in total. The van der Waals surface area contributed by atoms with Crippen LogP contribution in [-0.4, -0.2) is 22.9 Å². The Balaban J connectivity index is 1.73. The summed E-state index contributed by atoms with van der Waals surface area (Å²) in [5.41, 5.74) is 1.35. The third-order valence-electron chi connectivity index (χ3n) is 3.66. The van der Waals surface area contributed by atoms with Gasteiger partial charge >= 0.3 is 0 Å². The first-order chi connectivity index (χ1) is 12.5. The Bertz CT molecular complexity index is 918. The zero-order chi connectivity index (χ0) is 18.5. The van der Waals surface area contributed by atoms with Crippen LogP contribution in [0.15, 0.2) is 60.8 Å². The number of hydrogen-bond acceptors (Lipinski definition) is 4. The lowest BCUT2D eigenvalue weighted by Gasteiger charge is -2.17. The molecule has 0 aliphatic carbocycles. The van der Waals surface area contributed by atoms with E-state index in [1.54, 1.807) is 0 Å². The lowest BCUT2D eigenvalue weighted by atomic mass is 10.2. The molecule has 0 saturated heterocycles. The fourth-order valence-electron chi connectivity index (χ4n) is 2.36. The van der Waals surface area contributed by atoms with Gasteiger partial charge in [0, 0.05) is 31.5 Å². The van der Waals surface area contributed by atoms with E-state index in [0.29, 0.717) is 12.5 Å². The summed E-state index contributed by atoms with van der Waals surface area (Å²) in [6.45, 7) is 0.578. The minimum Gasteiger partial charge on any atom is -0.340 e. The van der Waals surface area contributed by atoms with Crippen molar-refractivity contribution >= 4 is 17.5 Å². The maximum atomic E-state index is 13.3. The van der Waals surface area contributed by atoms with Crippen molar-refractivity contribution in [2.75, 3.05) is 17.3 Å². The highest BCUT2D eigenvalue weighted by Crippen LogP contribution is 2.15. The SMILES string of the molecule is CN(Cc1ccccc1)c1nccc(C(=O)Nc2ccc(F)c(F)c2)n1. The van der Waals surface area contributed by atoms with E-state index < -0.39 is 17.5 Å². The predicted molar refractivity (Wildman–Crippen MR) is 94.9 cm³/mol. The molecule has 7 heteroatoms. The molecule has 0 saturated carbocycles. The van der Waals surface area contributed by atoms with Crippen LogP contribution in [-0.2, 0) is 6.54 Å². The summed E-state index contributed by atoms with van der Waals surface area (Å²) in [4.78, 5) is 22.5. The van der Waals surface area contributed by atoms with E-state index in [0.717, 1.165) is 17.7 Å². The average molecular weight is 354 g/mol. The van der Waals surface area contributed by atoms with E-state index in [2.05, 4.69) is 15.3 Å². The molecule has 1 aromatic heterocycles. The van der Waals surface area contributed by atoms with Crippen molar-refractivity contribution in [3.63, 3.8) is 0 Å². The number of benzene rings is 2. The molecule has 0 aliphatic rings. The van der Waals surface area contributed by atoms with Crippen molar-refractivity contribution in [1.82, 2.24) is 9.97 Å². The fraction of sp³-hybridized carbons (Fsp3) is 0.105. The van der Waals surface area contributed by atoms with Crippen molar-refractivity contribution in [3.8, 4) is 0 Å². The standard InChI is InChI=1S/C19H16F2N4O/c1-25(12-13-5-3-2-4-6-13)19-22-10-9-17(24-19)18(26)23-14-7-8-15(20)16(21)11-14/h2-11H,12H2,1H3,(H,23,26). The number of aromatic nitrogens is 2. The number of amides is 1. The first-order valence-corrected chi connectivity index (χ1v) is 7.87. The van der Waals surface area contributed by atoms with Crippen molar-refractivity contribution in [2.45, 2.75) is 6.54 Å². The second-order valence-corrected chi connectivity index (χ2v) is 5.67. The summed E-state index contributed by atoms with van der Waals surface area (Å²) >= 11 is 0. The lowest BCUT2D eigenvalue weighted by Crippen LogP contribution is -2.21. The number of rotatable bonds is 5. The highest BCUT2D eigenvalue weighted by Gasteiger charge is 2.13. The van der Waals surface area contributed by atoms with E-state index in [-0.39, 0.29) is 11.4 Å². The van der Waals surface area contributed by atoms with Gasteiger partial charge in [0.05, 0.1) is 0 Å². The molecule has 132 valence electrons.